The van der Waals surface area contributed by atoms with Crippen molar-refractivity contribution in [2.24, 2.45) is 11.3 Å². The van der Waals surface area contributed by atoms with Gasteiger partial charge in [0, 0.05) is 11.6 Å². The van der Waals surface area contributed by atoms with Crippen molar-refractivity contribution < 1.29 is 4.74 Å². The fourth-order valence-electron chi connectivity index (χ4n) is 2.46. The van der Waals surface area contributed by atoms with Crippen molar-refractivity contribution in [3.63, 3.8) is 0 Å². The summed E-state index contributed by atoms with van der Waals surface area (Å²) >= 11 is 1.59. The first-order chi connectivity index (χ1) is 7.55. The molecule has 0 spiro atoms. The van der Waals surface area contributed by atoms with Crippen molar-refractivity contribution in [2.75, 3.05) is 0 Å². The van der Waals surface area contributed by atoms with E-state index < -0.39 is 0 Å². The average Bonchev–Trinajstić information content (AvgIpc) is 2.70. The number of nitrogens with zero attached hydrogens (tertiary/aromatic N) is 1. The molecule has 0 N–H and O–H groups in total. The molecule has 90 valence electrons. The molecular weight excluding hydrogens is 218 g/mol. The number of rotatable bonds is 2. The van der Waals surface area contributed by atoms with Crippen LogP contribution in [0.4, 0.5) is 0 Å². The zero-order chi connectivity index (χ0) is 11.6. The maximum atomic E-state index is 5.86. The molecule has 1 saturated carbocycles. The van der Waals surface area contributed by atoms with Gasteiger partial charge in [-0.3, -0.25) is 0 Å². The van der Waals surface area contributed by atoms with E-state index in [4.69, 9.17) is 4.74 Å². The van der Waals surface area contributed by atoms with Gasteiger partial charge < -0.3 is 4.74 Å². The molecule has 1 aliphatic rings. The van der Waals surface area contributed by atoms with Gasteiger partial charge in [0.1, 0.15) is 6.10 Å². The van der Waals surface area contributed by atoms with Crippen molar-refractivity contribution in [1.82, 2.24) is 4.98 Å². The maximum Gasteiger partial charge on any atom is 0.273 e. The fraction of sp³-hybridized carbons (Fsp3) is 0.769. The molecule has 0 atom stereocenters. The highest BCUT2D eigenvalue weighted by molar-refractivity contribution is 7.11. The van der Waals surface area contributed by atoms with Gasteiger partial charge in [-0.05, 0) is 37.0 Å². The highest BCUT2D eigenvalue weighted by Gasteiger charge is 2.30. The van der Waals surface area contributed by atoms with Gasteiger partial charge in [-0.25, -0.2) is 4.98 Å². The monoisotopic (exact) mass is 239 g/mol. The third kappa shape index (κ3) is 2.97. The molecule has 0 aromatic carbocycles. The van der Waals surface area contributed by atoms with E-state index in [1.165, 1.54) is 25.7 Å². The zero-order valence-corrected chi connectivity index (χ0v) is 11.2. The van der Waals surface area contributed by atoms with E-state index in [9.17, 15) is 0 Å². The van der Waals surface area contributed by atoms with Crippen LogP contribution in [0.3, 0.4) is 0 Å². The van der Waals surface area contributed by atoms with E-state index in [1.54, 1.807) is 17.5 Å². The van der Waals surface area contributed by atoms with E-state index >= 15 is 0 Å². The van der Waals surface area contributed by atoms with E-state index in [0.29, 0.717) is 11.5 Å². The Morgan fingerprint density at radius 3 is 2.44 bits per heavy atom. The quantitative estimate of drug-likeness (QED) is 0.774. The number of aromatic nitrogens is 1. The van der Waals surface area contributed by atoms with Crippen LogP contribution in [0.2, 0.25) is 0 Å². The van der Waals surface area contributed by atoms with Crippen LogP contribution in [0.1, 0.15) is 46.5 Å². The molecule has 2 rings (SSSR count). The van der Waals surface area contributed by atoms with Crippen LogP contribution in [0.5, 0.6) is 5.19 Å². The summed E-state index contributed by atoms with van der Waals surface area (Å²) in [6.07, 6.45) is 7.15. The first kappa shape index (κ1) is 11.9. The number of hydrogen-bond acceptors (Lipinski definition) is 3. The highest BCUT2D eigenvalue weighted by Crippen LogP contribution is 2.38. The zero-order valence-electron chi connectivity index (χ0n) is 10.4. The van der Waals surface area contributed by atoms with Crippen LogP contribution >= 0.6 is 11.3 Å². The van der Waals surface area contributed by atoms with Gasteiger partial charge in [0.05, 0.1) is 0 Å². The second-order valence-corrected chi connectivity index (χ2v) is 6.61. The molecule has 0 amide bonds. The van der Waals surface area contributed by atoms with Gasteiger partial charge >= 0.3 is 0 Å². The number of hydrogen-bond donors (Lipinski definition) is 0. The summed E-state index contributed by atoms with van der Waals surface area (Å²) in [6.45, 7) is 7.04. The van der Waals surface area contributed by atoms with Crippen LogP contribution in [0.25, 0.3) is 0 Å². The topological polar surface area (TPSA) is 22.1 Å². The Labute approximate surface area is 102 Å². The van der Waals surface area contributed by atoms with Gasteiger partial charge in [0.2, 0.25) is 0 Å². The predicted octanol–water partition coefficient (Wildman–Crippen LogP) is 4.13. The lowest BCUT2D eigenvalue weighted by atomic mass is 9.72. The van der Waals surface area contributed by atoms with E-state index in [0.717, 1.165) is 11.1 Å². The third-order valence-corrected chi connectivity index (χ3v) is 4.24. The highest BCUT2D eigenvalue weighted by atomic mass is 32.1. The molecule has 0 radical (unpaired) electrons. The van der Waals surface area contributed by atoms with E-state index in [1.807, 2.05) is 5.38 Å². The summed E-state index contributed by atoms with van der Waals surface area (Å²) in [7, 11) is 0. The SMILES string of the molecule is CC(C)(C)C1CCC(Oc2nccs2)CC1. The molecule has 1 heterocycles. The molecular formula is C13H21NOS. The first-order valence-electron chi connectivity index (χ1n) is 6.12. The Morgan fingerprint density at radius 1 is 1.25 bits per heavy atom. The summed E-state index contributed by atoms with van der Waals surface area (Å²) in [5, 5.41) is 2.80. The molecule has 1 fully saturated rings. The van der Waals surface area contributed by atoms with Gasteiger partial charge in [-0.15, -0.1) is 0 Å². The van der Waals surface area contributed by atoms with Gasteiger partial charge in [-0.1, -0.05) is 32.1 Å². The van der Waals surface area contributed by atoms with Crippen molar-refractivity contribution in [3.8, 4) is 5.19 Å². The number of thiazole rings is 1. The number of ether oxygens (including phenoxy) is 1. The fourth-order valence-corrected chi connectivity index (χ4v) is 3.01. The van der Waals surface area contributed by atoms with Crippen LogP contribution in [0, 0.1) is 11.3 Å². The standard InChI is InChI=1S/C13H21NOS/c1-13(2,3)10-4-6-11(7-5-10)15-12-14-8-9-16-12/h8-11H,4-7H2,1-3H3. The summed E-state index contributed by atoms with van der Waals surface area (Å²) in [4.78, 5) is 4.17. The normalized spacial score (nSPS) is 26.7. The molecule has 1 aromatic heterocycles. The lowest BCUT2D eigenvalue weighted by Crippen LogP contribution is -2.30. The summed E-state index contributed by atoms with van der Waals surface area (Å²) in [6, 6.07) is 0. The van der Waals surface area contributed by atoms with Crippen molar-refractivity contribution >= 4 is 11.3 Å². The average molecular weight is 239 g/mol. The second kappa shape index (κ2) is 4.74. The van der Waals surface area contributed by atoms with Crippen LogP contribution in [0.15, 0.2) is 11.6 Å². The van der Waals surface area contributed by atoms with Crippen LogP contribution < -0.4 is 4.74 Å². The molecule has 0 saturated heterocycles. The minimum Gasteiger partial charge on any atom is -0.467 e. The Kier molecular flexibility index (Phi) is 3.53. The van der Waals surface area contributed by atoms with Crippen LogP contribution in [-0.4, -0.2) is 11.1 Å². The summed E-state index contributed by atoms with van der Waals surface area (Å²) in [5.41, 5.74) is 0.451. The van der Waals surface area contributed by atoms with Crippen LogP contribution in [-0.2, 0) is 0 Å². The minimum absolute atomic E-state index is 0.393. The molecule has 3 heteroatoms. The summed E-state index contributed by atoms with van der Waals surface area (Å²) in [5.74, 6) is 0.851. The smallest absolute Gasteiger partial charge is 0.273 e. The second-order valence-electron chi connectivity index (χ2n) is 5.76. The predicted molar refractivity (Wildman–Crippen MR) is 67.9 cm³/mol. The van der Waals surface area contributed by atoms with Crippen molar-refractivity contribution in [3.05, 3.63) is 11.6 Å². The molecule has 1 aliphatic carbocycles. The Morgan fingerprint density at radius 2 is 1.94 bits per heavy atom. The van der Waals surface area contributed by atoms with Gasteiger partial charge in [0.15, 0.2) is 0 Å². The van der Waals surface area contributed by atoms with Crippen molar-refractivity contribution in [1.29, 1.82) is 0 Å². The van der Waals surface area contributed by atoms with E-state index in [2.05, 4.69) is 25.8 Å². The Bertz CT molecular complexity index is 307. The van der Waals surface area contributed by atoms with Crippen molar-refractivity contribution in [2.45, 2.75) is 52.6 Å². The van der Waals surface area contributed by atoms with Gasteiger partial charge in [-0.2, -0.15) is 0 Å². The molecule has 0 bridgehead atoms. The van der Waals surface area contributed by atoms with E-state index in [-0.39, 0.29) is 0 Å². The maximum absolute atomic E-state index is 5.86. The first-order valence-corrected chi connectivity index (χ1v) is 7.00. The molecule has 0 aliphatic heterocycles. The molecule has 1 aromatic rings. The molecule has 2 nitrogen and oxygen atoms in total. The largest absolute Gasteiger partial charge is 0.467 e. The lowest BCUT2D eigenvalue weighted by molar-refractivity contribution is 0.0880. The van der Waals surface area contributed by atoms with Gasteiger partial charge in [0.25, 0.3) is 5.19 Å². The summed E-state index contributed by atoms with van der Waals surface area (Å²) < 4.78 is 5.86. The Hall–Kier alpha value is -0.570. The third-order valence-electron chi connectivity index (χ3n) is 3.58. The lowest BCUT2D eigenvalue weighted by Gasteiger charge is -2.36. The Balaban J connectivity index is 1.82. The minimum atomic E-state index is 0.393. The molecule has 16 heavy (non-hydrogen) atoms. The molecule has 0 unspecified atom stereocenters.